The molecular weight excluding hydrogens is 348 g/mol. The average Bonchev–Trinajstić information content (AvgIpc) is 2.98. The summed E-state index contributed by atoms with van der Waals surface area (Å²) in [7, 11) is 3.92. The number of hydrogen-bond acceptors (Lipinski definition) is 3. The van der Waals surface area contributed by atoms with Crippen LogP contribution < -0.4 is 0 Å². The van der Waals surface area contributed by atoms with Gasteiger partial charge in [0.05, 0.1) is 11.8 Å². The van der Waals surface area contributed by atoms with Gasteiger partial charge in [-0.05, 0) is 25.2 Å². The van der Waals surface area contributed by atoms with Crippen LogP contribution in [0, 0.1) is 11.8 Å². The number of likely N-dealkylation sites (N-methyl/N-ethyl adjacent to an activating group) is 1. The van der Waals surface area contributed by atoms with Crippen molar-refractivity contribution < 1.29 is 9.59 Å². The van der Waals surface area contributed by atoms with Gasteiger partial charge in [-0.2, -0.15) is 0 Å². The minimum Gasteiger partial charge on any atom is -0.308 e. The molecule has 0 N–H and O–H groups in total. The lowest BCUT2D eigenvalue weighted by atomic mass is 9.68. The highest BCUT2D eigenvalue weighted by Gasteiger charge is 2.54. The minimum absolute atomic E-state index is 0.0315. The number of fused-ring (bicyclic) bond motifs is 1. The van der Waals surface area contributed by atoms with Gasteiger partial charge in [0.1, 0.15) is 0 Å². The summed E-state index contributed by atoms with van der Waals surface area (Å²) < 4.78 is 0. The van der Waals surface area contributed by atoms with E-state index >= 15 is 0 Å². The second kappa shape index (κ2) is 7.72. The largest absolute Gasteiger partial charge is 0.308 e. The Morgan fingerprint density at radius 3 is 1.57 bits per heavy atom. The van der Waals surface area contributed by atoms with Crippen LogP contribution in [-0.4, -0.2) is 48.8 Å². The highest BCUT2D eigenvalue weighted by atomic mass is 16.2. The van der Waals surface area contributed by atoms with Gasteiger partial charge in [-0.25, -0.2) is 0 Å². The molecule has 1 aliphatic heterocycles. The monoisotopic (exact) mass is 374 g/mol. The second-order valence-corrected chi connectivity index (χ2v) is 7.94. The van der Waals surface area contributed by atoms with Gasteiger partial charge in [0.2, 0.25) is 11.8 Å². The van der Waals surface area contributed by atoms with Crippen molar-refractivity contribution >= 4 is 11.8 Å². The molecule has 1 heterocycles. The number of allylic oxidation sites excluding steroid dienone is 2. The van der Waals surface area contributed by atoms with E-state index in [9.17, 15) is 9.59 Å². The van der Waals surface area contributed by atoms with Crippen molar-refractivity contribution in [2.45, 2.75) is 11.8 Å². The molecule has 2 aromatic rings. The molecular formula is C24H26N2O2. The Morgan fingerprint density at radius 1 is 0.750 bits per heavy atom. The number of rotatable bonds is 5. The van der Waals surface area contributed by atoms with E-state index in [1.54, 1.807) is 0 Å². The van der Waals surface area contributed by atoms with Gasteiger partial charge in [0.25, 0.3) is 0 Å². The van der Waals surface area contributed by atoms with Gasteiger partial charge in [-0.3, -0.25) is 14.5 Å². The van der Waals surface area contributed by atoms with Crippen LogP contribution in [0.1, 0.15) is 23.0 Å². The van der Waals surface area contributed by atoms with E-state index in [4.69, 9.17) is 0 Å². The van der Waals surface area contributed by atoms with Crippen LogP contribution in [0.3, 0.4) is 0 Å². The van der Waals surface area contributed by atoms with Crippen molar-refractivity contribution in [2.75, 3.05) is 27.2 Å². The van der Waals surface area contributed by atoms with Gasteiger partial charge in [-0.15, -0.1) is 0 Å². The maximum atomic E-state index is 13.4. The Bertz CT molecular complexity index is 808. The molecule has 28 heavy (non-hydrogen) atoms. The maximum absolute atomic E-state index is 13.4. The van der Waals surface area contributed by atoms with Crippen LogP contribution in [0.25, 0.3) is 0 Å². The summed E-state index contributed by atoms with van der Waals surface area (Å²) in [4.78, 5) is 30.3. The number of carbonyl (C=O) groups is 2. The van der Waals surface area contributed by atoms with E-state index < -0.39 is 0 Å². The molecule has 1 aliphatic carbocycles. The lowest BCUT2D eigenvalue weighted by Crippen LogP contribution is -2.37. The molecule has 144 valence electrons. The Labute approximate surface area is 166 Å². The van der Waals surface area contributed by atoms with E-state index in [-0.39, 0.29) is 35.5 Å². The number of carbonyl (C=O) groups excluding carboxylic acids is 2. The van der Waals surface area contributed by atoms with Crippen molar-refractivity contribution in [1.29, 1.82) is 0 Å². The van der Waals surface area contributed by atoms with Crippen molar-refractivity contribution in [3.8, 4) is 0 Å². The highest BCUT2D eigenvalue weighted by Crippen LogP contribution is 2.49. The molecule has 0 aromatic heterocycles. The molecule has 0 bridgehead atoms. The van der Waals surface area contributed by atoms with Crippen molar-refractivity contribution in [1.82, 2.24) is 9.80 Å². The number of benzene rings is 2. The van der Waals surface area contributed by atoms with Crippen molar-refractivity contribution in [3.05, 3.63) is 83.9 Å². The lowest BCUT2D eigenvalue weighted by molar-refractivity contribution is -0.140. The summed E-state index contributed by atoms with van der Waals surface area (Å²) >= 11 is 0. The maximum Gasteiger partial charge on any atom is 0.234 e. The van der Waals surface area contributed by atoms with Gasteiger partial charge in [0, 0.05) is 24.9 Å². The van der Waals surface area contributed by atoms with Crippen molar-refractivity contribution in [3.63, 3.8) is 0 Å². The Kier molecular flexibility index (Phi) is 5.14. The van der Waals surface area contributed by atoms with E-state index in [1.807, 2.05) is 55.4 Å². The molecule has 2 aliphatic rings. The molecule has 2 aromatic carbocycles. The zero-order chi connectivity index (χ0) is 19.7. The molecule has 1 saturated heterocycles. The summed E-state index contributed by atoms with van der Waals surface area (Å²) in [6.45, 7) is 1.12. The normalized spacial score (nSPS) is 26.8. The van der Waals surface area contributed by atoms with Crippen LogP contribution in [-0.2, 0) is 9.59 Å². The Balaban J connectivity index is 1.75. The first kappa shape index (κ1) is 18.6. The fourth-order valence-electron chi connectivity index (χ4n) is 4.52. The van der Waals surface area contributed by atoms with Gasteiger partial charge in [-0.1, -0.05) is 72.8 Å². The molecule has 4 heteroatoms. The van der Waals surface area contributed by atoms with Gasteiger partial charge in [0.15, 0.2) is 0 Å². The van der Waals surface area contributed by atoms with Crippen molar-refractivity contribution in [2.24, 2.45) is 11.8 Å². The fourth-order valence-corrected chi connectivity index (χ4v) is 4.52. The SMILES string of the molecule is CN(C)CCN1C(=O)[C@@H]2[C@H](C1=O)[C@H](c1ccccc1)C=C[C@@H]2c1ccccc1. The van der Waals surface area contributed by atoms with E-state index in [0.717, 1.165) is 11.1 Å². The minimum atomic E-state index is -0.340. The molecule has 0 radical (unpaired) electrons. The fraction of sp³-hybridized carbons (Fsp3) is 0.333. The summed E-state index contributed by atoms with van der Waals surface area (Å²) in [6, 6.07) is 20.1. The highest BCUT2D eigenvalue weighted by molar-refractivity contribution is 6.06. The molecule has 4 nitrogen and oxygen atoms in total. The molecule has 1 fully saturated rings. The predicted molar refractivity (Wildman–Crippen MR) is 110 cm³/mol. The molecule has 2 amide bonds. The molecule has 4 atom stereocenters. The first-order valence-electron chi connectivity index (χ1n) is 9.86. The van der Waals surface area contributed by atoms with E-state index in [0.29, 0.717) is 13.1 Å². The number of amides is 2. The van der Waals surface area contributed by atoms with Gasteiger partial charge >= 0.3 is 0 Å². The number of likely N-dealkylation sites (tertiary alicyclic amines) is 1. The zero-order valence-electron chi connectivity index (χ0n) is 16.4. The molecule has 0 spiro atoms. The number of nitrogens with zero attached hydrogens (tertiary/aromatic N) is 2. The van der Waals surface area contributed by atoms with Crippen LogP contribution in [0.2, 0.25) is 0 Å². The zero-order valence-corrected chi connectivity index (χ0v) is 16.4. The number of imide groups is 1. The third kappa shape index (κ3) is 3.29. The lowest BCUT2D eigenvalue weighted by Gasteiger charge is -2.32. The standard InChI is InChI=1S/C24H26N2O2/c1-25(2)15-16-26-23(27)21-19(17-9-5-3-6-10-17)13-14-20(22(21)24(26)28)18-11-7-4-8-12-18/h3-14,19-22H,15-16H2,1-2H3/t19-,20+,21+,22-. The van der Waals surface area contributed by atoms with E-state index in [2.05, 4.69) is 36.4 Å². The third-order valence-corrected chi connectivity index (χ3v) is 5.93. The van der Waals surface area contributed by atoms with Gasteiger partial charge < -0.3 is 4.90 Å². The van der Waals surface area contributed by atoms with Crippen LogP contribution in [0.5, 0.6) is 0 Å². The molecule has 0 unspecified atom stereocenters. The summed E-state index contributed by atoms with van der Waals surface area (Å²) in [5, 5.41) is 0. The first-order valence-corrected chi connectivity index (χ1v) is 9.86. The van der Waals surface area contributed by atoms with Crippen LogP contribution >= 0.6 is 0 Å². The molecule has 0 saturated carbocycles. The quantitative estimate of drug-likeness (QED) is 0.596. The topological polar surface area (TPSA) is 40.6 Å². The third-order valence-electron chi connectivity index (χ3n) is 5.93. The molecule has 4 rings (SSSR count). The van der Waals surface area contributed by atoms with Crippen LogP contribution in [0.4, 0.5) is 0 Å². The van der Waals surface area contributed by atoms with Crippen LogP contribution in [0.15, 0.2) is 72.8 Å². The predicted octanol–water partition coefficient (Wildman–Crippen LogP) is 3.29. The number of hydrogen-bond donors (Lipinski definition) is 0. The first-order chi connectivity index (χ1) is 13.6. The summed E-state index contributed by atoms with van der Waals surface area (Å²) in [5.74, 6) is -0.870. The second-order valence-electron chi connectivity index (χ2n) is 7.94. The van der Waals surface area contributed by atoms with E-state index in [1.165, 1.54) is 4.90 Å². The summed E-state index contributed by atoms with van der Waals surface area (Å²) in [6.07, 6.45) is 4.27. The summed E-state index contributed by atoms with van der Waals surface area (Å²) in [5.41, 5.74) is 2.19. The Hall–Kier alpha value is -2.72. The average molecular weight is 374 g/mol. The smallest absolute Gasteiger partial charge is 0.234 e. The Morgan fingerprint density at radius 2 is 1.18 bits per heavy atom.